The van der Waals surface area contributed by atoms with Gasteiger partial charge in [0.1, 0.15) is 17.2 Å². The molecular weight excluding hydrogens is 287 g/mol. The lowest BCUT2D eigenvalue weighted by atomic mass is 10.0. The summed E-state index contributed by atoms with van der Waals surface area (Å²) in [5.41, 5.74) is -0.0874. The van der Waals surface area contributed by atoms with Crippen LogP contribution in [0.5, 0.6) is 5.75 Å². The van der Waals surface area contributed by atoms with Crippen molar-refractivity contribution < 1.29 is 18.7 Å². The molecule has 0 radical (unpaired) electrons. The monoisotopic (exact) mass is 310 g/mol. The largest absolute Gasteiger partial charge is 0.495 e. The summed E-state index contributed by atoms with van der Waals surface area (Å²) in [6, 6.07) is 1.34. The first-order chi connectivity index (χ1) is 10.3. The van der Waals surface area contributed by atoms with Crippen molar-refractivity contribution in [2.45, 2.75) is 39.2 Å². The van der Waals surface area contributed by atoms with Gasteiger partial charge in [0.2, 0.25) is 0 Å². The maximum Gasteiger partial charge on any atom is 0.410 e. The van der Waals surface area contributed by atoms with Gasteiger partial charge in [0.05, 0.1) is 19.0 Å². The van der Waals surface area contributed by atoms with E-state index in [1.807, 2.05) is 20.8 Å². The number of likely N-dealkylation sites (tertiary alicyclic amines) is 1. The van der Waals surface area contributed by atoms with Crippen LogP contribution in [0.25, 0.3) is 0 Å². The molecule has 0 bridgehead atoms. The van der Waals surface area contributed by atoms with Gasteiger partial charge in [-0.1, -0.05) is 0 Å². The first kappa shape index (κ1) is 16.5. The van der Waals surface area contributed by atoms with Gasteiger partial charge in [0.25, 0.3) is 0 Å². The molecule has 1 aromatic rings. The molecule has 5 nitrogen and oxygen atoms in total. The van der Waals surface area contributed by atoms with Crippen LogP contribution in [0.1, 0.15) is 32.9 Å². The zero-order valence-electron chi connectivity index (χ0n) is 13.6. The van der Waals surface area contributed by atoms with Crippen molar-refractivity contribution in [2.75, 3.05) is 20.2 Å². The molecule has 1 unspecified atom stereocenters. The Hall–Kier alpha value is -1.85. The van der Waals surface area contributed by atoms with Crippen LogP contribution >= 0.6 is 0 Å². The summed E-state index contributed by atoms with van der Waals surface area (Å²) in [7, 11) is 1.48. The van der Waals surface area contributed by atoms with Crippen molar-refractivity contribution in [2.24, 2.45) is 5.92 Å². The molecule has 1 amide bonds. The number of carbonyl (C=O) groups is 1. The fourth-order valence-electron chi connectivity index (χ4n) is 2.48. The van der Waals surface area contributed by atoms with Crippen LogP contribution < -0.4 is 4.74 Å². The van der Waals surface area contributed by atoms with E-state index < -0.39 is 5.60 Å². The minimum absolute atomic E-state index is 0.197. The number of hydrogen-bond acceptors (Lipinski definition) is 4. The first-order valence-electron chi connectivity index (χ1n) is 7.45. The minimum atomic E-state index is -0.501. The minimum Gasteiger partial charge on any atom is -0.495 e. The molecule has 0 N–H and O–H groups in total. The number of rotatable bonds is 3. The van der Waals surface area contributed by atoms with Gasteiger partial charge in [-0.15, -0.1) is 0 Å². The van der Waals surface area contributed by atoms with E-state index in [1.165, 1.54) is 19.4 Å². The molecule has 1 atom stereocenters. The van der Waals surface area contributed by atoms with Crippen LogP contribution in [0.15, 0.2) is 12.3 Å². The van der Waals surface area contributed by atoms with Crippen molar-refractivity contribution in [3.05, 3.63) is 23.8 Å². The van der Waals surface area contributed by atoms with E-state index in [4.69, 9.17) is 9.47 Å². The van der Waals surface area contributed by atoms with E-state index in [-0.39, 0.29) is 17.8 Å². The van der Waals surface area contributed by atoms with Crippen LogP contribution in [0.3, 0.4) is 0 Å². The summed E-state index contributed by atoms with van der Waals surface area (Å²) in [5.74, 6) is 0.237. The van der Waals surface area contributed by atoms with Gasteiger partial charge in [-0.3, -0.25) is 4.98 Å². The molecule has 0 aliphatic carbocycles. The van der Waals surface area contributed by atoms with E-state index >= 15 is 0 Å². The number of nitrogens with zero attached hydrogens (tertiary/aromatic N) is 2. The molecular formula is C16H23FN2O3. The maximum atomic E-state index is 13.9. The van der Waals surface area contributed by atoms with Gasteiger partial charge in [0, 0.05) is 19.2 Å². The highest BCUT2D eigenvalue weighted by molar-refractivity contribution is 5.68. The predicted molar refractivity (Wildman–Crippen MR) is 80.4 cm³/mol. The second-order valence-electron chi connectivity index (χ2n) is 6.59. The average molecular weight is 310 g/mol. The van der Waals surface area contributed by atoms with E-state index in [2.05, 4.69) is 4.98 Å². The third-order valence-electron chi connectivity index (χ3n) is 3.55. The Morgan fingerprint density at radius 2 is 2.23 bits per heavy atom. The predicted octanol–water partition coefficient (Wildman–Crippen LogP) is 3.03. The normalized spacial score (nSPS) is 18.4. The van der Waals surface area contributed by atoms with Crippen molar-refractivity contribution in [3.63, 3.8) is 0 Å². The number of hydrogen-bond donors (Lipinski definition) is 0. The molecule has 6 heteroatoms. The van der Waals surface area contributed by atoms with Gasteiger partial charge in [-0.05, 0) is 39.5 Å². The number of halogens is 1. The van der Waals surface area contributed by atoms with E-state index in [0.29, 0.717) is 31.0 Å². The Morgan fingerprint density at radius 3 is 2.82 bits per heavy atom. The fraction of sp³-hybridized carbons (Fsp3) is 0.625. The van der Waals surface area contributed by atoms with E-state index in [1.54, 1.807) is 4.90 Å². The molecule has 2 rings (SSSR count). The van der Waals surface area contributed by atoms with Gasteiger partial charge in [0.15, 0.2) is 0 Å². The maximum absolute atomic E-state index is 13.9. The van der Waals surface area contributed by atoms with Crippen LogP contribution in [0.2, 0.25) is 0 Å². The molecule has 122 valence electrons. The quantitative estimate of drug-likeness (QED) is 0.861. The zero-order chi connectivity index (χ0) is 16.3. The number of pyridine rings is 1. The molecule has 0 aromatic carbocycles. The number of carbonyl (C=O) groups excluding carboxylic acids is 1. The first-order valence-corrected chi connectivity index (χ1v) is 7.45. The van der Waals surface area contributed by atoms with Crippen molar-refractivity contribution in [1.82, 2.24) is 9.88 Å². The third kappa shape index (κ3) is 4.32. The Kier molecular flexibility index (Phi) is 4.88. The molecule has 1 saturated heterocycles. The molecule has 22 heavy (non-hydrogen) atoms. The topological polar surface area (TPSA) is 51.7 Å². The summed E-state index contributed by atoms with van der Waals surface area (Å²) < 4.78 is 24.2. The van der Waals surface area contributed by atoms with Gasteiger partial charge in [-0.25, -0.2) is 9.18 Å². The lowest BCUT2D eigenvalue weighted by Gasteiger charge is -2.24. The summed E-state index contributed by atoms with van der Waals surface area (Å²) in [4.78, 5) is 17.8. The van der Waals surface area contributed by atoms with Crippen molar-refractivity contribution >= 4 is 6.09 Å². The second kappa shape index (κ2) is 6.50. The molecule has 0 spiro atoms. The Morgan fingerprint density at radius 1 is 1.50 bits per heavy atom. The summed E-state index contributed by atoms with van der Waals surface area (Å²) in [6.07, 6.45) is 2.54. The summed E-state index contributed by atoms with van der Waals surface area (Å²) >= 11 is 0. The molecule has 0 saturated carbocycles. The third-order valence-corrected chi connectivity index (χ3v) is 3.55. The van der Waals surface area contributed by atoms with Crippen molar-refractivity contribution in [3.8, 4) is 5.75 Å². The number of ether oxygens (including phenoxy) is 2. The molecule has 2 heterocycles. The van der Waals surface area contributed by atoms with E-state index in [9.17, 15) is 9.18 Å². The van der Waals surface area contributed by atoms with Crippen LogP contribution in [-0.4, -0.2) is 41.8 Å². The Bertz CT molecular complexity index is 543. The molecule has 1 fully saturated rings. The highest BCUT2D eigenvalue weighted by atomic mass is 19.1. The van der Waals surface area contributed by atoms with Crippen LogP contribution in [0, 0.1) is 11.7 Å². The van der Waals surface area contributed by atoms with Crippen LogP contribution in [0.4, 0.5) is 9.18 Å². The number of aromatic nitrogens is 1. The lowest BCUT2D eigenvalue weighted by Crippen LogP contribution is -2.35. The summed E-state index contributed by atoms with van der Waals surface area (Å²) in [6.45, 7) is 6.73. The molecule has 1 aliphatic heterocycles. The lowest BCUT2D eigenvalue weighted by molar-refractivity contribution is 0.0288. The van der Waals surface area contributed by atoms with Crippen LogP contribution in [-0.2, 0) is 11.2 Å². The summed E-state index contributed by atoms with van der Waals surface area (Å²) in [5, 5.41) is 0. The van der Waals surface area contributed by atoms with Crippen molar-refractivity contribution in [1.29, 1.82) is 0 Å². The average Bonchev–Trinajstić information content (AvgIpc) is 2.88. The standard InChI is InChI=1S/C16H23FN2O3/c1-16(2,3)22-15(20)19-6-5-11(10-19)7-14-13(17)8-12(21-4)9-18-14/h8-9,11H,5-7,10H2,1-4H3. The number of amides is 1. The highest BCUT2D eigenvalue weighted by Crippen LogP contribution is 2.24. The van der Waals surface area contributed by atoms with Gasteiger partial charge in [-0.2, -0.15) is 0 Å². The van der Waals surface area contributed by atoms with E-state index in [0.717, 1.165) is 6.42 Å². The second-order valence-corrected chi connectivity index (χ2v) is 6.59. The smallest absolute Gasteiger partial charge is 0.410 e. The zero-order valence-corrected chi connectivity index (χ0v) is 13.6. The highest BCUT2D eigenvalue weighted by Gasteiger charge is 2.30. The Balaban J connectivity index is 1.92. The van der Waals surface area contributed by atoms with Gasteiger partial charge >= 0.3 is 6.09 Å². The SMILES string of the molecule is COc1cnc(CC2CCN(C(=O)OC(C)(C)C)C2)c(F)c1. The van der Waals surface area contributed by atoms with Gasteiger partial charge < -0.3 is 14.4 Å². The Labute approximate surface area is 130 Å². The fourth-order valence-corrected chi connectivity index (χ4v) is 2.48. The molecule has 1 aliphatic rings. The molecule has 1 aromatic heterocycles. The number of methoxy groups -OCH3 is 1.